The van der Waals surface area contributed by atoms with Crippen molar-refractivity contribution in [3.05, 3.63) is 71.5 Å². The van der Waals surface area contributed by atoms with Crippen molar-refractivity contribution in [2.45, 2.75) is 76.6 Å². The van der Waals surface area contributed by atoms with E-state index < -0.39 is 23.1 Å². The highest BCUT2D eigenvalue weighted by atomic mass is 16.5. The Bertz CT molecular complexity index is 1100. The Kier molecular flexibility index (Phi) is 6.76. The molecule has 1 aliphatic heterocycles. The Balaban J connectivity index is 1.65. The normalized spacial score (nSPS) is 27.1. The van der Waals surface area contributed by atoms with Gasteiger partial charge in [0.05, 0.1) is 11.5 Å². The van der Waals surface area contributed by atoms with Crippen LogP contribution in [-0.4, -0.2) is 54.8 Å². The van der Waals surface area contributed by atoms with E-state index in [1.54, 1.807) is 25.3 Å². The van der Waals surface area contributed by atoms with Crippen LogP contribution in [0.5, 0.6) is 0 Å². The van der Waals surface area contributed by atoms with Gasteiger partial charge in [-0.15, -0.1) is 0 Å². The molecule has 3 aliphatic rings. The molecule has 1 fully saturated rings. The lowest BCUT2D eigenvalue weighted by molar-refractivity contribution is -0.295. The number of allylic oxidation sites excluding steroid dienone is 5. The molecule has 1 aromatic rings. The highest BCUT2D eigenvalue weighted by molar-refractivity contribution is 5.91. The topological polar surface area (TPSA) is 132 Å². The lowest BCUT2D eigenvalue weighted by Gasteiger charge is -2.62. The molecular weight excluding hydrogens is 444 g/mol. The first-order valence-electron chi connectivity index (χ1n) is 12.1. The molecule has 1 unspecified atom stereocenters. The van der Waals surface area contributed by atoms with E-state index in [1.807, 2.05) is 18.2 Å². The minimum absolute atomic E-state index is 0.222. The number of hydrogen-bond donors (Lipinski definition) is 5. The van der Waals surface area contributed by atoms with Crippen molar-refractivity contribution >= 4 is 11.7 Å². The Labute approximate surface area is 206 Å². The van der Waals surface area contributed by atoms with E-state index in [9.17, 15) is 20.1 Å². The fourth-order valence-corrected chi connectivity index (χ4v) is 5.67. The van der Waals surface area contributed by atoms with Gasteiger partial charge in [0, 0.05) is 6.20 Å². The smallest absolute Gasteiger partial charge is 0.234 e. The number of nitrogen functional groups attached to an aromatic ring is 1. The highest BCUT2D eigenvalue weighted by Gasteiger charge is 2.67. The van der Waals surface area contributed by atoms with Crippen LogP contribution < -0.4 is 11.1 Å². The molecule has 0 saturated carbocycles. The molecule has 1 aromatic heterocycles. The fraction of sp³-hybridized carbons (Fsp3) is 0.481. The maximum atomic E-state index is 13.6. The zero-order valence-electron chi connectivity index (χ0n) is 20.6. The van der Waals surface area contributed by atoms with Crippen molar-refractivity contribution in [2.24, 2.45) is 5.41 Å². The molecule has 4 rings (SSSR count). The first kappa shape index (κ1) is 25.3. The molecule has 4 atom stereocenters. The minimum atomic E-state index is -2.25. The Hall–Kier alpha value is -2.78. The molecule has 0 spiro atoms. The summed E-state index contributed by atoms with van der Waals surface area (Å²) in [5.41, 5.74) is 7.52. The van der Waals surface area contributed by atoms with Crippen LogP contribution in [0, 0.1) is 5.41 Å². The van der Waals surface area contributed by atoms with Crippen molar-refractivity contribution in [2.75, 3.05) is 5.73 Å². The van der Waals surface area contributed by atoms with E-state index in [0.29, 0.717) is 5.82 Å². The third-order valence-electron chi connectivity index (χ3n) is 7.16. The van der Waals surface area contributed by atoms with Gasteiger partial charge in [0.2, 0.25) is 5.91 Å². The van der Waals surface area contributed by atoms with Gasteiger partial charge in [0.15, 0.2) is 11.6 Å². The minimum Gasteiger partial charge on any atom is -0.384 e. The number of nitrogens with two attached hydrogens (primary N) is 1. The van der Waals surface area contributed by atoms with E-state index in [2.05, 4.69) is 28.5 Å². The molecule has 8 heteroatoms. The van der Waals surface area contributed by atoms with E-state index in [-0.39, 0.29) is 18.4 Å². The van der Waals surface area contributed by atoms with Gasteiger partial charge in [-0.3, -0.25) is 15.0 Å². The SMILES string of the molecule is CC(O)(O)[C@H]1N([C@@](C)(O)NC(C2=CCCC=C2)C2=CC=CCC2)C(=O)[C@]1(C)Cc1ccnc(N)c1. The number of carbonyl (C=O) groups is 1. The average Bonchev–Trinajstić information content (AvgIpc) is 2.81. The van der Waals surface area contributed by atoms with Gasteiger partial charge in [0.25, 0.3) is 0 Å². The highest BCUT2D eigenvalue weighted by Crippen LogP contribution is 2.49. The summed E-state index contributed by atoms with van der Waals surface area (Å²) in [4.78, 5) is 18.8. The predicted octanol–water partition coefficient (Wildman–Crippen LogP) is 2.30. The molecule has 0 bridgehead atoms. The van der Waals surface area contributed by atoms with Gasteiger partial charge in [0.1, 0.15) is 11.9 Å². The summed E-state index contributed by atoms with van der Waals surface area (Å²) in [6.45, 7) is 4.42. The zero-order chi connectivity index (χ0) is 25.4. The molecule has 0 radical (unpaired) electrons. The van der Waals surface area contributed by atoms with Gasteiger partial charge in [-0.2, -0.15) is 0 Å². The summed E-state index contributed by atoms with van der Waals surface area (Å²) < 4.78 is 0. The number of pyridine rings is 1. The number of nitrogens with one attached hydrogen (secondary N) is 1. The van der Waals surface area contributed by atoms with Crippen molar-refractivity contribution < 1.29 is 20.1 Å². The second kappa shape index (κ2) is 9.35. The maximum absolute atomic E-state index is 13.6. The average molecular weight is 481 g/mol. The van der Waals surface area contributed by atoms with Crippen LogP contribution >= 0.6 is 0 Å². The number of aromatic nitrogens is 1. The number of likely N-dealkylation sites (tertiary alicyclic amines) is 1. The number of rotatable bonds is 8. The standard InChI is InChI=1S/C27H36N4O4/c1-25(17-18-14-15-29-21(28)16-18)23(26(2,33)34)31(24(25)32)27(3,35)30-22(19-10-6-4-7-11-19)20-12-8-5-9-13-20/h4,6,8,10,12-16,22-23,30,33-35H,5,7,9,11,17H2,1-3H3,(H2,28,29)/t22?,23-,25+,27-/m0/s1. The molecule has 35 heavy (non-hydrogen) atoms. The van der Waals surface area contributed by atoms with E-state index in [4.69, 9.17) is 5.73 Å². The molecule has 8 nitrogen and oxygen atoms in total. The van der Waals surface area contributed by atoms with Crippen LogP contribution in [0.25, 0.3) is 0 Å². The van der Waals surface area contributed by atoms with Gasteiger partial charge < -0.3 is 21.1 Å². The number of β-lactam (4-membered cyclic amide) rings is 1. The quantitative estimate of drug-likeness (QED) is 0.285. The molecular formula is C27H36N4O4. The van der Waals surface area contributed by atoms with Crippen LogP contribution in [0.2, 0.25) is 0 Å². The second-order valence-corrected chi connectivity index (χ2v) is 10.3. The Morgan fingerprint density at radius 3 is 2.63 bits per heavy atom. The maximum Gasteiger partial charge on any atom is 0.234 e. The summed E-state index contributed by atoms with van der Waals surface area (Å²) >= 11 is 0. The van der Waals surface area contributed by atoms with Crippen molar-refractivity contribution in [3.63, 3.8) is 0 Å². The molecule has 2 aliphatic carbocycles. The molecule has 0 aromatic carbocycles. The number of hydrogen-bond acceptors (Lipinski definition) is 7. The fourth-order valence-electron chi connectivity index (χ4n) is 5.67. The number of nitrogens with zero attached hydrogens (tertiary/aromatic N) is 2. The Morgan fingerprint density at radius 2 is 2.03 bits per heavy atom. The third kappa shape index (κ3) is 4.97. The van der Waals surface area contributed by atoms with Crippen LogP contribution in [0.3, 0.4) is 0 Å². The van der Waals surface area contributed by atoms with Crippen LogP contribution in [0.4, 0.5) is 5.82 Å². The van der Waals surface area contributed by atoms with E-state index in [0.717, 1.165) is 47.3 Å². The third-order valence-corrected chi connectivity index (χ3v) is 7.16. The molecule has 188 valence electrons. The lowest BCUT2D eigenvalue weighted by Crippen LogP contribution is -2.83. The van der Waals surface area contributed by atoms with E-state index in [1.165, 1.54) is 13.8 Å². The first-order chi connectivity index (χ1) is 16.4. The van der Waals surface area contributed by atoms with Crippen LogP contribution in [0.1, 0.15) is 52.0 Å². The van der Waals surface area contributed by atoms with E-state index >= 15 is 0 Å². The Morgan fingerprint density at radius 1 is 1.26 bits per heavy atom. The predicted molar refractivity (Wildman–Crippen MR) is 134 cm³/mol. The summed E-state index contributed by atoms with van der Waals surface area (Å²) in [6, 6.07) is 2.02. The number of aliphatic hydroxyl groups is 3. The first-order valence-corrected chi connectivity index (χ1v) is 12.1. The van der Waals surface area contributed by atoms with Crippen molar-refractivity contribution in [3.8, 4) is 0 Å². The van der Waals surface area contributed by atoms with Crippen molar-refractivity contribution in [1.82, 2.24) is 15.2 Å². The second-order valence-electron chi connectivity index (χ2n) is 10.3. The molecule has 1 saturated heterocycles. The van der Waals surface area contributed by atoms with Gasteiger partial charge in [-0.25, -0.2) is 4.98 Å². The monoisotopic (exact) mass is 480 g/mol. The lowest BCUT2D eigenvalue weighted by atomic mass is 9.65. The number of anilines is 1. The summed E-state index contributed by atoms with van der Waals surface area (Å²) in [5.74, 6) is -4.15. The largest absolute Gasteiger partial charge is 0.384 e. The molecule has 2 heterocycles. The summed E-state index contributed by atoms with van der Waals surface area (Å²) in [5, 5.41) is 36.4. The van der Waals surface area contributed by atoms with Crippen LogP contribution in [0.15, 0.2) is 65.9 Å². The number of amides is 1. The molecule has 6 N–H and O–H groups in total. The van der Waals surface area contributed by atoms with Gasteiger partial charge in [-0.05, 0) is 81.7 Å². The molecule has 1 amide bonds. The zero-order valence-corrected chi connectivity index (χ0v) is 20.6. The number of carbonyl (C=O) groups excluding carboxylic acids is 1. The van der Waals surface area contributed by atoms with Gasteiger partial charge in [-0.1, -0.05) is 36.5 Å². The van der Waals surface area contributed by atoms with Crippen molar-refractivity contribution in [1.29, 1.82) is 0 Å². The van der Waals surface area contributed by atoms with Gasteiger partial charge >= 0.3 is 0 Å². The van der Waals surface area contributed by atoms with Crippen LogP contribution in [-0.2, 0) is 11.2 Å². The summed E-state index contributed by atoms with van der Waals surface area (Å²) in [6.07, 6.45) is 17.8. The summed E-state index contributed by atoms with van der Waals surface area (Å²) in [7, 11) is 0.